The molecule has 0 saturated heterocycles. The molecule has 0 aliphatic heterocycles. The van der Waals surface area contributed by atoms with Crippen molar-refractivity contribution in [3.63, 3.8) is 0 Å². The smallest absolute Gasteiger partial charge is 0.0931 e. The van der Waals surface area contributed by atoms with E-state index in [0.717, 1.165) is 16.9 Å². The lowest BCUT2D eigenvalue weighted by molar-refractivity contribution is 0.339. The summed E-state index contributed by atoms with van der Waals surface area (Å²) in [6.07, 6.45) is 4.08. The van der Waals surface area contributed by atoms with Crippen LogP contribution in [0.1, 0.15) is 24.1 Å². The molecule has 2 rings (SSSR count). The fraction of sp³-hybridized carbons (Fsp3) is 0.556. The van der Waals surface area contributed by atoms with Gasteiger partial charge in [0.1, 0.15) is 0 Å². The number of nitrogens with one attached hydrogen (secondary N) is 1. The molecule has 0 bridgehead atoms. The van der Waals surface area contributed by atoms with Gasteiger partial charge in [0, 0.05) is 17.5 Å². The van der Waals surface area contributed by atoms with E-state index < -0.39 is 0 Å². The second-order valence-corrected chi connectivity index (χ2v) is 5.01. The Hall–Kier alpha value is -0.0500. The number of hydrogen-bond donors (Lipinski definition) is 1. The molecule has 1 nitrogen and oxygen atoms in total. The number of rotatable bonds is 3. The van der Waals surface area contributed by atoms with Gasteiger partial charge in [-0.15, -0.1) is 11.3 Å². The summed E-state index contributed by atoms with van der Waals surface area (Å²) in [6.45, 7) is 0.988. The van der Waals surface area contributed by atoms with Gasteiger partial charge in [0.15, 0.2) is 0 Å². The summed E-state index contributed by atoms with van der Waals surface area (Å²) in [7, 11) is 0. The van der Waals surface area contributed by atoms with Crippen LogP contribution < -0.4 is 5.32 Å². The lowest BCUT2D eigenvalue weighted by Crippen LogP contribution is -2.34. The van der Waals surface area contributed by atoms with E-state index in [1.54, 1.807) is 11.3 Å². The monoisotopic (exact) mass is 201 g/mol. The van der Waals surface area contributed by atoms with E-state index in [9.17, 15) is 0 Å². The Morgan fingerprint density at radius 2 is 2.33 bits per heavy atom. The molecule has 1 heterocycles. The highest BCUT2D eigenvalue weighted by atomic mass is 35.5. The molecule has 3 heteroatoms. The number of halogens is 1. The third kappa shape index (κ3) is 2.00. The van der Waals surface area contributed by atoms with E-state index in [2.05, 4.69) is 11.4 Å². The summed E-state index contributed by atoms with van der Waals surface area (Å²) >= 11 is 7.48. The summed E-state index contributed by atoms with van der Waals surface area (Å²) in [5.41, 5.74) is 0. The van der Waals surface area contributed by atoms with Crippen LogP contribution in [-0.4, -0.2) is 6.04 Å². The van der Waals surface area contributed by atoms with Crippen LogP contribution in [0.2, 0.25) is 4.34 Å². The van der Waals surface area contributed by atoms with E-state index in [1.165, 1.54) is 24.1 Å². The van der Waals surface area contributed by atoms with Crippen molar-refractivity contribution in [1.82, 2.24) is 5.32 Å². The molecule has 1 aromatic heterocycles. The molecule has 0 atom stereocenters. The third-order valence-electron chi connectivity index (χ3n) is 2.30. The van der Waals surface area contributed by atoms with Crippen molar-refractivity contribution in [2.45, 2.75) is 31.8 Å². The Kier molecular flexibility index (Phi) is 2.69. The molecule has 1 aliphatic rings. The normalized spacial score (nSPS) is 17.8. The first-order valence-electron chi connectivity index (χ1n) is 4.32. The molecule has 12 heavy (non-hydrogen) atoms. The summed E-state index contributed by atoms with van der Waals surface area (Å²) < 4.78 is 0.889. The first kappa shape index (κ1) is 8.54. The van der Waals surface area contributed by atoms with Gasteiger partial charge in [-0.2, -0.15) is 0 Å². The summed E-state index contributed by atoms with van der Waals surface area (Å²) in [5.74, 6) is 0. The molecule has 0 aromatic carbocycles. The molecular weight excluding hydrogens is 190 g/mol. The quantitative estimate of drug-likeness (QED) is 0.793. The lowest BCUT2D eigenvalue weighted by atomic mass is 9.93. The summed E-state index contributed by atoms with van der Waals surface area (Å²) in [5, 5.41) is 3.50. The second kappa shape index (κ2) is 3.77. The second-order valence-electron chi connectivity index (χ2n) is 3.21. The van der Waals surface area contributed by atoms with Crippen molar-refractivity contribution in [2.24, 2.45) is 0 Å². The van der Waals surface area contributed by atoms with E-state index in [0.29, 0.717) is 0 Å². The van der Waals surface area contributed by atoms with Gasteiger partial charge in [-0.3, -0.25) is 0 Å². The van der Waals surface area contributed by atoms with E-state index in [-0.39, 0.29) is 0 Å². The molecule has 1 aliphatic carbocycles. The third-order valence-corrected chi connectivity index (χ3v) is 3.53. The first-order valence-corrected chi connectivity index (χ1v) is 5.51. The van der Waals surface area contributed by atoms with Crippen LogP contribution in [0.25, 0.3) is 0 Å². The Bertz CT molecular complexity index is 255. The zero-order valence-electron chi connectivity index (χ0n) is 6.85. The van der Waals surface area contributed by atoms with Crippen LogP contribution in [0.5, 0.6) is 0 Å². The van der Waals surface area contributed by atoms with Crippen molar-refractivity contribution in [2.75, 3.05) is 0 Å². The van der Waals surface area contributed by atoms with Gasteiger partial charge in [-0.05, 0) is 25.0 Å². The van der Waals surface area contributed by atoms with E-state index >= 15 is 0 Å². The number of thiophene rings is 1. The molecule has 1 saturated carbocycles. The molecule has 0 unspecified atom stereocenters. The van der Waals surface area contributed by atoms with Gasteiger partial charge in [-0.1, -0.05) is 18.0 Å². The van der Waals surface area contributed by atoms with Crippen LogP contribution in [0.4, 0.5) is 0 Å². The zero-order chi connectivity index (χ0) is 8.39. The van der Waals surface area contributed by atoms with Gasteiger partial charge in [0.2, 0.25) is 0 Å². The maximum atomic E-state index is 5.81. The minimum atomic E-state index is 0.769. The lowest BCUT2D eigenvalue weighted by Gasteiger charge is -2.26. The van der Waals surface area contributed by atoms with E-state index in [4.69, 9.17) is 11.6 Å². The van der Waals surface area contributed by atoms with Gasteiger partial charge < -0.3 is 5.32 Å². The van der Waals surface area contributed by atoms with Crippen LogP contribution >= 0.6 is 22.9 Å². The molecule has 0 amide bonds. The summed E-state index contributed by atoms with van der Waals surface area (Å²) in [4.78, 5) is 1.34. The Morgan fingerprint density at radius 1 is 1.50 bits per heavy atom. The molecule has 0 radical (unpaired) electrons. The summed E-state index contributed by atoms with van der Waals surface area (Å²) in [6, 6.07) is 4.83. The van der Waals surface area contributed by atoms with Crippen LogP contribution in [0, 0.1) is 0 Å². The Morgan fingerprint density at radius 3 is 2.83 bits per heavy atom. The van der Waals surface area contributed by atoms with Crippen LogP contribution in [0.3, 0.4) is 0 Å². The fourth-order valence-electron chi connectivity index (χ4n) is 1.30. The highest BCUT2D eigenvalue weighted by Crippen LogP contribution is 2.23. The Balaban J connectivity index is 1.79. The fourth-order valence-corrected chi connectivity index (χ4v) is 2.34. The van der Waals surface area contributed by atoms with E-state index in [1.807, 2.05) is 6.07 Å². The molecule has 1 fully saturated rings. The maximum Gasteiger partial charge on any atom is 0.0931 e. The standard InChI is InChI=1S/C9H12ClNS/c10-9-5-4-8(12-9)6-11-7-2-1-3-7/h4-5,7,11H,1-3,6H2. The average Bonchev–Trinajstić information content (AvgIpc) is 2.32. The van der Waals surface area contributed by atoms with Crippen molar-refractivity contribution in [3.8, 4) is 0 Å². The topological polar surface area (TPSA) is 12.0 Å². The Labute approximate surface area is 81.7 Å². The molecule has 1 N–H and O–H groups in total. The minimum Gasteiger partial charge on any atom is -0.309 e. The van der Waals surface area contributed by atoms with Gasteiger partial charge >= 0.3 is 0 Å². The van der Waals surface area contributed by atoms with Crippen molar-refractivity contribution in [1.29, 1.82) is 0 Å². The van der Waals surface area contributed by atoms with Gasteiger partial charge in [0.05, 0.1) is 4.34 Å². The van der Waals surface area contributed by atoms with Crippen molar-refractivity contribution < 1.29 is 0 Å². The van der Waals surface area contributed by atoms with Crippen LogP contribution in [0.15, 0.2) is 12.1 Å². The van der Waals surface area contributed by atoms with Crippen molar-refractivity contribution in [3.05, 3.63) is 21.3 Å². The first-order chi connectivity index (χ1) is 5.84. The largest absolute Gasteiger partial charge is 0.309 e. The van der Waals surface area contributed by atoms with Gasteiger partial charge in [-0.25, -0.2) is 0 Å². The van der Waals surface area contributed by atoms with Crippen LogP contribution in [-0.2, 0) is 6.54 Å². The highest BCUT2D eigenvalue weighted by Gasteiger charge is 2.16. The number of hydrogen-bond acceptors (Lipinski definition) is 2. The molecule has 66 valence electrons. The van der Waals surface area contributed by atoms with Crippen molar-refractivity contribution >= 4 is 22.9 Å². The maximum absolute atomic E-state index is 5.81. The minimum absolute atomic E-state index is 0.769. The predicted molar refractivity (Wildman–Crippen MR) is 53.8 cm³/mol. The highest BCUT2D eigenvalue weighted by molar-refractivity contribution is 7.16. The molecule has 0 spiro atoms. The zero-order valence-corrected chi connectivity index (χ0v) is 8.42. The molecule has 1 aromatic rings. The molecular formula is C9H12ClNS. The predicted octanol–water partition coefficient (Wildman–Crippen LogP) is 3.04. The SMILES string of the molecule is Clc1ccc(CNC2CCC2)s1. The van der Waals surface area contributed by atoms with Gasteiger partial charge in [0.25, 0.3) is 0 Å². The average molecular weight is 202 g/mol.